The number of phosphoric acid groups is 1. The number of ether oxygens (including phenoxy) is 1. The fourth-order valence-corrected chi connectivity index (χ4v) is 4.23. The number of aromatic amines is 1. The lowest BCUT2D eigenvalue weighted by atomic mass is 10.1. The number of fused-ring (bicyclic) bond motifs is 1. The zero-order valence-corrected chi connectivity index (χ0v) is 16.9. The normalized spacial score (nSPS) is 35.3. The highest BCUT2D eigenvalue weighted by atomic mass is 32.1. The third-order valence-electron chi connectivity index (χ3n) is 4.43. The molecule has 4 rings (SSSR count). The number of halogens is 3. The maximum Gasteiger partial charge on any atom is 0.530 e. The van der Waals surface area contributed by atoms with Crippen molar-refractivity contribution in [2.24, 2.45) is 0 Å². The molecule has 5 atom stereocenters. The van der Waals surface area contributed by atoms with E-state index in [9.17, 15) is 28.4 Å². The first kappa shape index (κ1) is 20.8. The molecule has 0 spiro atoms. The molecule has 1 aromatic heterocycles. The molecule has 1 saturated heterocycles. The Hall–Kier alpha value is -2.06. The van der Waals surface area contributed by atoms with Gasteiger partial charge in [0.05, 0.1) is 14.2 Å². The third kappa shape index (κ3) is 4.07. The smallest absolute Gasteiger partial charge is 0.404 e. The van der Waals surface area contributed by atoms with Crippen molar-refractivity contribution in [1.29, 1.82) is 0 Å². The molecule has 168 valence electrons. The standard InChI is InChI=1S/C16H14F3N2O8PS/c17-8-1-2-10-7(3-8)5-26-30(25,29-10)27-6-16(19)12(23)11(22)14(28-16)21-4-9(18)13(31)20-15(21)24/h1-4,11-12,14,22-23H,5-6H2,(H,20,24,31)/t11-,12+,14-,16-,30?/m1/s1/i14D. The van der Waals surface area contributed by atoms with Gasteiger partial charge in [0.1, 0.15) is 35.0 Å². The van der Waals surface area contributed by atoms with Gasteiger partial charge in [0.15, 0.2) is 12.0 Å². The van der Waals surface area contributed by atoms with Gasteiger partial charge in [-0.2, -0.15) is 0 Å². The van der Waals surface area contributed by atoms with Crippen molar-refractivity contribution in [2.75, 3.05) is 6.61 Å². The van der Waals surface area contributed by atoms with Crippen LogP contribution in [-0.4, -0.2) is 44.4 Å². The van der Waals surface area contributed by atoms with Crippen LogP contribution < -0.4 is 10.2 Å². The predicted octanol–water partition coefficient (Wildman–Crippen LogP) is 1.83. The van der Waals surface area contributed by atoms with Gasteiger partial charge >= 0.3 is 13.5 Å². The summed E-state index contributed by atoms with van der Waals surface area (Å²) in [6, 6.07) is 3.22. The second-order valence-corrected chi connectivity index (χ2v) is 8.56. The summed E-state index contributed by atoms with van der Waals surface area (Å²) in [4.78, 5) is 13.9. The van der Waals surface area contributed by atoms with Crippen LogP contribution in [0.5, 0.6) is 5.75 Å². The summed E-state index contributed by atoms with van der Waals surface area (Å²) in [6.07, 6.45) is -7.59. The molecule has 0 radical (unpaired) electrons. The number of benzene rings is 1. The Labute approximate surface area is 177 Å². The molecule has 0 saturated carbocycles. The van der Waals surface area contributed by atoms with Crippen molar-refractivity contribution in [1.82, 2.24) is 9.55 Å². The van der Waals surface area contributed by atoms with E-state index >= 15 is 4.39 Å². The minimum Gasteiger partial charge on any atom is -0.404 e. The molecule has 15 heteroatoms. The zero-order valence-electron chi connectivity index (χ0n) is 16.2. The molecule has 0 aliphatic carbocycles. The number of aliphatic hydroxyl groups is 2. The van der Waals surface area contributed by atoms with E-state index in [2.05, 4.69) is 12.2 Å². The Kier molecular flexibility index (Phi) is 5.25. The lowest BCUT2D eigenvalue weighted by molar-refractivity contribution is -0.205. The number of rotatable bonds is 4. The summed E-state index contributed by atoms with van der Waals surface area (Å²) < 4.78 is 82.3. The summed E-state index contributed by atoms with van der Waals surface area (Å²) >= 11 is 4.54. The van der Waals surface area contributed by atoms with Crippen LogP contribution in [0.3, 0.4) is 0 Å². The van der Waals surface area contributed by atoms with Crippen molar-refractivity contribution in [2.45, 2.75) is 30.9 Å². The van der Waals surface area contributed by atoms with E-state index in [4.69, 9.17) is 19.7 Å². The van der Waals surface area contributed by atoms with E-state index in [1.54, 1.807) is 0 Å². The van der Waals surface area contributed by atoms with Crippen LogP contribution in [0.25, 0.3) is 0 Å². The van der Waals surface area contributed by atoms with Crippen molar-refractivity contribution >= 4 is 20.0 Å². The molecule has 3 heterocycles. The number of H-pyrrole nitrogens is 1. The fourth-order valence-electron chi connectivity index (χ4n) is 2.86. The molecule has 1 unspecified atom stereocenters. The summed E-state index contributed by atoms with van der Waals surface area (Å²) in [7, 11) is -4.48. The summed E-state index contributed by atoms with van der Waals surface area (Å²) in [5.41, 5.74) is -1.03. The van der Waals surface area contributed by atoms with Gasteiger partial charge in [-0.25, -0.2) is 22.5 Å². The minimum atomic E-state index is -4.48. The first-order chi connectivity index (χ1) is 14.9. The quantitative estimate of drug-likeness (QED) is 0.440. The van der Waals surface area contributed by atoms with E-state index in [0.717, 1.165) is 18.2 Å². The Balaban J connectivity index is 1.56. The highest BCUT2D eigenvalue weighted by molar-refractivity contribution is 7.71. The van der Waals surface area contributed by atoms with Crippen LogP contribution in [0, 0.1) is 16.3 Å². The van der Waals surface area contributed by atoms with Gasteiger partial charge in [-0.05, 0) is 18.2 Å². The summed E-state index contributed by atoms with van der Waals surface area (Å²) in [5.74, 6) is -5.25. The number of aliphatic hydroxyl groups excluding tert-OH is 2. The van der Waals surface area contributed by atoms with E-state index in [1.165, 1.54) is 0 Å². The number of aromatic nitrogens is 2. The second-order valence-electron chi connectivity index (χ2n) is 6.56. The first-order valence-electron chi connectivity index (χ1n) is 9.01. The van der Waals surface area contributed by atoms with E-state index < -0.39 is 67.3 Å². The fraction of sp³-hybridized carbons (Fsp3) is 0.375. The monoisotopic (exact) mass is 483 g/mol. The summed E-state index contributed by atoms with van der Waals surface area (Å²) in [5, 5.41) is 20.3. The Bertz CT molecular complexity index is 1250. The van der Waals surface area contributed by atoms with Crippen molar-refractivity contribution in [3.63, 3.8) is 0 Å². The molecule has 2 aliphatic heterocycles. The molecular formula is C16H14F3N2O8PS. The lowest BCUT2D eigenvalue weighted by Crippen LogP contribution is -2.43. The topological polar surface area (TPSA) is 132 Å². The highest BCUT2D eigenvalue weighted by Gasteiger charge is 2.57. The Morgan fingerprint density at radius 1 is 1.45 bits per heavy atom. The number of phosphoric ester groups is 1. The van der Waals surface area contributed by atoms with Crippen LogP contribution in [-0.2, 0) is 25.0 Å². The molecule has 10 nitrogen and oxygen atoms in total. The van der Waals surface area contributed by atoms with Gasteiger partial charge < -0.3 is 19.5 Å². The first-order valence-corrected chi connectivity index (χ1v) is 10.4. The molecule has 1 aromatic carbocycles. The van der Waals surface area contributed by atoms with Crippen molar-refractivity contribution < 1.29 is 47.6 Å². The second kappa shape index (κ2) is 7.81. The van der Waals surface area contributed by atoms with Gasteiger partial charge in [0.25, 0.3) is 5.85 Å². The molecule has 0 amide bonds. The van der Waals surface area contributed by atoms with E-state index in [0.29, 0.717) is 6.20 Å². The minimum absolute atomic E-state index is 0.0572. The third-order valence-corrected chi connectivity index (χ3v) is 6.04. The number of hydrogen-bond donors (Lipinski definition) is 3. The molecule has 2 aromatic rings. The largest absolute Gasteiger partial charge is 0.530 e. The molecular weight excluding hydrogens is 468 g/mol. The van der Waals surface area contributed by atoms with Gasteiger partial charge in [-0.15, -0.1) is 0 Å². The van der Waals surface area contributed by atoms with Crippen molar-refractivity contribution in [3.05, 3.63) is 56.7 Å². The average Bonchev–Trinajstić information content (AvgIpc) is 2.91. The lowest BCUT2D eigenvalue weighted by Gasteiger charge is -2.28. The van der Waals surface area contributed by atoms with Crippen LogP contribution in [0.15, 0.2) is 29.2 Å². The number of nitrogens with one attached hydrogen (secondary N) is 1. The van der Waals surface area contributed by atoms with Gasteiger partial charge in [0, 0.05) is 5.56 Å². The average molecular weight is 483 g/mol. The number of alkyl halides is 1. The van der Waals surface area contributed by atoms with Crippen LogP contribution in [0.2, 0.25) is 0 Å². The number of nitrogens with zero attached hydrogens (tertiary/aromatic N) is 1. The highest BCUT2D eigenvalue weighted by Crippen LogP contribution is 2.55. The Morgan fingerprint density at radius 2 is 2.19 bits per heavy atom. The van der Waals surface area contributed by atoms with Crippen molar-refractivity contribution in [3.8, 4) is 5.75 Å². The van der Waals surface area contributed by atoms with Crippen LogP contribution >= 0.6 is 20.0 Å². The molecule has 3 N–H and O–H groups in total. The SMILES string of the molecule is [2H][C@@]1(n2cc(F)c(=S)[nH]c2=O)O[C@](F)(COP2(=O)OCc3cc(F)ccc3O2)[C@@H](O)[C@H]1O. The Morgan fingerprint density at radius 3 is 2.94 bits per heavy atom. The van der Waals surface area contributed by atoms with Gasteiger partial charge in [-0.1, -0.05) is 12.2 Å². The van der Waals surface area contributed by atoms with Crippen LogP contribution in [0.1, 0.15) is 13.1 Å². The number of hydrogen-bond acceptors (Lipinski definition) is 9. The van der Waals surface area contributed by atoms with Crippen LogP contribution in [0.4, 0.5) is 13.2 Å². The maximum absolute atomic E-state index is 15.3. The molecule has 31 heavy (non-hydrogen) atoms. The molecule has 1 fully saturated rings. The molecule has 2 aliphatic rings. The molecule has 0 bridgehead atoms. The van der Waals surface area contributed by atoms with E-state index in [1.807, 2.05) is 4.98 Å². The van der Waals surface area contributed by atoms with Gasteiger partial charge in [-0.3, -0.25) is 18.6 Å². The zero-order chi connectivity index (χ0) is 23.5. The van der Waals surface area contributed by atoms with E-state index in [-0.39, 0.29) is 15.9 Å². The summed E-state index contributed by atoms with van der Waals surface area (Å²) in [6.45, 7) is -1.80. The maximum atomic E-state index is 15.3. The van der Waals surface area contributed by atoms with Gasteiger partial charge in [0.2, 0.25) is 0 Å². The predicted molar refractivity (Wildman–Crippen MR) is 97.2 cm³/mol.